The van der Waals surface area contributed by atoms with Gasteiger partial charge in [-0.25, -0.2) is 13.2 Å². The van der Waals surface area contributed by atoms with E-state index < -0.39 is 34.1 Å². The van der Waals surface area contributed by atoms with Gasteiger partial charge in [-0.05, 0) is 49.6 Å². The molecule has 11 heteroatoms. The number of carbonyl (C=O) groups excluding carboxylic acids is 1. The van der Waals surface area contributed by atoms with Gasteiger partial charge in [0, 0.05) is 12.1 Å². The Hall–Kier alpha value is -3.15. The van der Waals surface area contributed by atoms with Crippen LogP contribution in [0.1, 0.15) is 118 Å². The summed E-state index contributed by atoms with van der Waals surface area (Å²) in [4.78, 5) is 24.2. The molecule has 0 saturated carbocycles. The van der Waals surface area contributed by atoms with E-state index in [2.05, 4.69) is 17.0 Å². The van der Waals surface area contributed by atoms with E-state index in [9.17, 15) is 33.3 Å². The number of aliphatic hydroxyl groups is 2. The Bertz CT molecular complexity index is 1250. The fourth-order valence-electron chi connectivity index (χ4n) is 4.89. The van der Waals surface area contributed by atoms with Crippen molar-refractivity contribution in [3.05, 3.63) is 53.6 Å². The number of hydrogen-bond donors (Lipinski definition) is 6. The first-order chi connectivity index (χ1) is 20.6. The van der Waals surface area contributed by atoms with Gasteiger partial charge >= 0.3 is 5.97 Å². The topological polar surface area (TPSA) is 179 Å². The summed E-state index contributed by atoms with van der Waals surface area (Å²) < 4.78 is 27.9. The predicted molar refractivity (Wildman–Crippen MR) is 170 cm³/mol. The molecule has 0 saturated heterocycles. The Labute approximate surface area is 256 Å². The summed E-state index contributed by atoms with van der Waals surface area (Å²) in [6, 6.07) is 9.54. The van der Waals surface area contributed by atoms with E-state index in [-0.39, 0.29) is 27.4 Å². The normalized spacial score (nSPS) is 12.9. The van der Waals surface area contributed by atoms with Gasteiger partial charge in [0.25, 0.3) is 15.9 Å². The van der Waals surface area contributed by atoms with Gasteiger partial charge in [-0.1, -0.05) is 89.7 Å². The maximum atomic E-state index is 12.8. The third kappa shape index (κ3) is 12.9. The molecule has 0 heterocycles. The van der Waals surface area contributed by atoms with E-state index in [1.54, 1.807) is 6.07 Å². The van der Waals surface area contributed by atoms with Gasteiger partial charge in [-0.15, -0.1) is 0 Å². The zero-order valence-corrected chi connectivity index (χ0v) is 26.1. The van der Waals surface area contributed by atoms with Crippen LogP contribution in [0, 0.1) is 0 Å². The maximum Gasteiger partial charge on any atom is 0.337 e. The number of aromatic carboxylic acids is 1. The number of nitrogens with one attached hydrogen (secondary N) is 2. The summed E-state index contributed by atoms with van der Waals surface area (Å²) in [7, 11) is -4.19. The van der Waals surface area contributed by atoms with Crippen LogP contribution in [0.25, 0.3) is 0 Å². The number of hydrogen-bond acceptors (Lipinski definition) is 7. The number of amides is 1. The molecule has 0 aliphatic heterocycles. The number of carboxylic acids is 1. The molecule has 0 aromatic heterocycles. The van der Waals surface area contributed by atoms with Crippen molar-refractivity contribution >= 4 is 33.3 Å². The summed E-state index contributed by atoms with van der Waals surface area (Å²) in [5.74, 6) is -1.78. The van der Waals surface area contributed by atoms with Crippen LogP contribution in [-0.2, 0) is 10.0 Å². The second kappa shape index (κ2) is 19.2. The van der Waals surface area contributed by atoms with Crippen LogP contribution in [0.5, 0.6) is 0 Å². The van der Waals surface area contributed by atoms with Crippen molar-refractivity contribution in [3.63, 3.8) is 0 Å². The third-order valence-electron chi connectivity index (χ3n) is 7.47. The monoisotopic (exact) mass is 619 g/mol. The number of sulfonamides is 1. The highest BCUT2D eigenvalue weighted by Crippen LogP contribution is 2.25. The molecule has 2 rings (SSSR count). The molecule has 0 bridgehead atoms. The van der Waals surface area contributed by atoms with Crippen LogP contribution < -0.4 is 15.8 Å². The van der Waals surface area contributed by atoms with Crippen LogP contribution in [-0.4, -0.2) is 54.4 Å². The average molecular weight is 620 g/mol. The zero-order valence-electron chi connectivity index (χ0n) is 25.3. The number of carbonyl (C=O) groups is 2. The Morgan fingerprint density at radius 3 is 1.95 bits per heavy atom. The number of para-hydroxylation sites is 1. The quantitative estimate of drug-likeness (QED) is 0.0717. The number of rotatable bonds is 22. The minimum absolute atomic E-state index is 0.0102. The van der Waals surface area contributed by atoms with Crippen molar-refractivity contribution in [3.8, 4) is 0 Å². The van der Waals surface area contributed by atoms with Crippen molar-refractivity contribution in [2.75, 3.05) is 17.0 Å². The molecule has 43 heavy (non-hydrogen) atoms. The highest BCUT2D eigenvalue weighted by Gasteiger charge is 2.22. The molecule has 2 aromatic rings. The van der Waals surface area contributed by atoms with Gasteiger partial charge in [-0.3, -0.25) is 9.52 Å². The van der Waals surface area contributed by atoms with Gasteiger partial charge in [0.1, 0.15) is 4.90 Å². The highest BCUT2D eigenvalue weighted by molar-refractivity contribution is 7.92. The number of benzene rings is 2. The maximum absolute atomic E-state index is 12.8. The molecule has 0 radical (unpaired) electrons. The summed E-state index contributed by atoms with van der Waals surface area (Å²) >= 11 is 0. The van der Waals surface area contributed by atoms with Crippen LogP contribution in [0.15, 0.2) is 47.4 Å². The summed E-state index contributed by atoms with van der Waals surface area (Å²) in [5.41, 5.74) is 5.39. The Morgan fingerprint density at radius 2 is 1.37 bits per heavy atom. The Morgan fingerprint density at radius 1 is 0.814 bits per heavy atom. The van der Waals surface area contributed by atoms with Gasteiger partial charge in [0.05, 0.1) is 29.1 Å². The fraction of sp³-hybridized carbons (Fsp3) is 0.562. The summed E-state index contributed by atoms with van der Waals surface area (Å²) in [6.45, 7) is 2.61. The first kappa shape index (κ1) is 36.0. The van der Waals surface area contributed by atoms with Crippen molar-refractivity contribution < 1.29 is 33.3 Å². The molecule has 0 fully saturated rings. The van der Waals surface area contributed by atoms with E-state index in [1.807, 2.05) is 0 Å². The molecule has 240 valence electrons. The minimum atomic E-state index is -4.19. The highest BCUT2D eigenvalue weighted by atomic mass is 32.2. The second-order valence-electron chi connectivity index (χ2n) is 11.1. The number of aliphatic hydroxyl groups excluding tert-OH is 2. The van der Waals surface area contributed by atoms with Gasteiger partial charge in [0.2, 0.25) is 0 Å². The van der Waals surface area contributed by atoms with Crippen molar-refractivity contribution in [2.45, 2.75) is 114 Å². The molecular weight excluding hydrogens is 570 g/mol. The number of carboxylic acid groups (broad SMARTS) is 1. The third-order valence-corrected chi connectivity index (χ3v) is 8.91. The lowest BCUT2D eigenvalue weighted by atomic mass is 9.99. The molecule has 2 aromatic carbocycles. The average Bonchev–Trinajstić information content (AvgIpc) is 2.97. The van der Waals surface area contributed by atoms with Crippen LogP contribution >= 0.6 is 0 Å². The lowest BCUT2D eigenvalue weighted by Gasteiger charge is -2.17. The van der Waals surface area contributed by atoms with Crippen molar-refractivity contribution in [2.24, 2.45) is 0 Å². The van der Waals surface area contributed by atoms with E-state index in [1.165, 1.54) is 62.1 Å². The minimum Gasteiger partial charge on any atom is -0.478 e. The SMILES string of the molecule is CCCCCCCCC(O)C(O)CCCCCCCCNC(=O)c1ccc(C(=O)O)c(NS(=O)(=O)c2ccccc2N)c1. The first-order valence-electron chi connectivity index (χ1n) is 15.5. The predicted octanol–water partition coefficient (Wildman–Crippen LogP) is 5.70. The van der Waals surface area contributed by atoms with Crippen molar-refractivity contribution in [1.82, 2.24) is 5.32 Å². The molecule has 0 aliphatic rings. The fourth-order valence-corrected chi connectivity index (χ4v) is 6.09. The largest absolute Gasteiger partial charge is 0.478 e. The Kier molecular flexibility index (Phi) is 16.1. The molecule has 0 spiro atoms. The molecular formula is C32H49N3O7S. The van der Waals surface area contributed by atoms with E-state index in [0.29, 0.717) is 19.4 Å². The van der Waals surface area contributed by atoms with Gasteiger partial charge < -0.3 is 26.4 Å². The molecule has 1 amide bonds. The molecule has 0 aliphatic carbocycles. The van der Waals surface area contributed by atoms with Gasteiger partial charge in [0.15, 0.2) is 0 Å². The van der Waals surface area contributed by atoms with E-state index in [4.69, 9.17) is 5.73 Å². The smallest absolute Gasteiger partial charge is 0.337 e. The van der Waals surface area contributed by atoms with Crippen LogP contribution in [0.4, 0.5) is 11.4 Å². The standard InChI is InChI=1S/C32H49N3O7S/c1-2-3-4-5-8-11-17-28(36)29(37)18-12-9-6-7-10-15-22-34-31(38)24-20-21-25(32(39)40)27(23-24)35-43(41,42)30-19-14-13-16-26(30)33/h13-14,16,19-21,23,28-29,35-37H,2-12,15,17-18,22,33H2,1H3,(H,34,38)(H,39,40). The van der Waals surface area contributed by atoms with Crippen LogP contribution in [0.3, 0.4) is 0 Å². The first-order valence-corrected chi connectivity index (χ1v) is 16.9. The number of unbranched alkanes of at least 4 members (excludes halogenated alkanes) is 10. The van der Waals surface area contributed by atoms with Crippen molar-refractivity contribution in [1.29, 1.82) is 0 Å². The van der Waals surface area contributed by atoms with Gasteiger partial charge in [-0.2, -0.15) is 0 Å². The number of nitrogens with two attached hydrogens (primary N) is 1. The van der Waals surface area contributed by atoms with E-state index in [0.717, 1.165) is 51.4 Å². The Balaban J connectivity index is 1.70. The lowest BCUT2D eigenvalue weighted by molar-refractivity contribution is 0.00712. The van der Waals surface area contributed by atoms with E-state index >= 15 is 0 Å². The summed E-state index contributed by atoms with van der Waals surface area (Å²) in [6.07, 6.45) is 12.4. The number of nitrogen functional groups attached to an aromatic ring is 1. The summed E-state index contributed by atoms with van der Waals surface area (Å²) in [5, 5.41) is 32.7. The van der Waals surface area contributed by atoms with Crippen LogP contribution in [0.2, 0.25) is 0 Å². The second-order valence-corrected chi connectivity index (χ2v) is 12.7. The molecule has 10 nitrogen and oxygen atoms in total. The lowest BCUT2D eigenvalue weighted by Crippen LogP contribution is -2.25. The molecule has 2 atom stereocenters. The zero-order chi connectivity index (χ0) is 31.7. The molecule has 7 N–H and O–H groups in total. The number of anilines is 2. The molecule has 2 unspecified atom stereocenters.